The number of nitrogens with two attached hydrogens (primary N) is 1. The molecule has 0 spiro atoms. The van der Waals surface area contributed by atoms with Crippen LogP contribution >= 0.6 is 0 Å². The van der Waals surface area contributed by atoms with Crippen LogP contribution in [0.4, 0.5) is 16.0 Å². The summed E-state index contributed by atoms with van der Waals surface area (Å²) in [6.07, 6.45) is 3.01. The number of nitrogens with zero attached hydrogens (tertiary/aromatic N) is 5. The monoisotopic (exact) mass is 437 g/mol. The van der Waals surface area contributed by atoms with Gasteiger partial charge in [0.15, 0.2) is 17.6 Å². The van der Waals surface area contributed by atoms with E-state index < -0.39 is 6.10 Å². The maximum atomic E-state index is 13.3. The van der Waals surface area contributed by atoms with Gasteiger partial charge in [-0.25, -0.2) is 13.9 Å². The summed E-state index contributed by atoms with van der Waals surface area (Å²) in [4.78, 5) is 13.4. The largest absolute Gasteiger partial charge is 0.447 e. The lowest BCUT2D eigenvalue weighted by Gasteiger charge is -2.17. The average molecular weight is 438 g/mol. The molecule has 9 heteroatoms. The van der Waals surface area contributed by atoms with Crippen LogP contribution in [0, 0.1) is 17.7 Å². The summed E-state index contributed by atoms with van der Waals surface area (Å²) in [5.74, 6) is 6.24. The van der Waals surface area contributed by atoms with E-state index in [1.54, 1.807) is 48.1 Å². The van der Waals surface area contributed by atoms with Crippen molar-refractivity contribution in [1.82, 2.24) is 24.6 Å². The fourth-order valence-electron chi connectivity index (χ4n) is 3.28. The number of benzene rings is 1. The Bertz CT molecular complexity index is 1320. The standard InChI is InChI=1S/C23H22FN7O.3H2/c1-4-6-14(2)32-23-28-18(20-21(25)30-31-12-5-11-26-22(20)31)13-19(29-23)27-15(3)16-7-9-17(24)10-8-16;;;/h5,7-15H,1-3H3,(H2,25,30)(H,27,28,29);3*1H/t14?,15-;;;/m0.../s1. The van der Waals surface area contributed by atoms with Crippen LogP contribution in [0.1, 0.15) is 36.7 Å². The molecule has 0 aliphatic carbocycles. The van der Waals surface area contributed by atoms with E-state index in [1.165, 1.54) is 12.1 Å². The first-order valence-electron chi connectivity index (χ1n) is 10.0. The van der Waals surface area contributed by atoms with Crippen molar-refractivity contribution in [1.29, 1.82) is 0 Å². The summed E-state index contributed by atoms with van der Waals surface area (Å²) in [5.41, 5.74) is 8.73. The lowest BCUT2D eigenvalue weighted by atomic mass is 10.1. The molecular formula is C23H28FN7O. The van der Waals surface area contributed by atoms with E-state index in [0.717, 1.165) is 5.56 Å². The second-order valence-corrected chi connectivity index (χ2v) is 7.14. The molecule has 0 aliphatic heterocycles. The summed E-state index contributed by atoms with van der Waals surface area (Å²) in [6.45, 7) is 5.50. The number of aromatic nitrogens is 5. The van der Waals surface area contributed by atoms with Gasteiger partial charge in [0, 0.05) is 28.8 Å². The maximum absolute atomic E-state index is 13.3. The van der Waals surface area contributed by atoms with Gasteiger partial charge < -0.3 is 15.8 Å². The van der Waals surface area contributed by atoms with E-state index in [1.807, 2.05) is 13.8 Å². The van der Waals surface area contributed by atoms with Gasteiger partial charge in [-0.3, -0.25) is 0 Å². The Balaban J connectivity index is 0.00000204. The summed E-state index contributed by atoms with van der Waals surface area (Å²) < 4.78 is 20.7. The minimum Gasteiger partial charge on any atom is -0.447 e. The summed E-state index contributed by atoms with van der Waals surface area (Å²) in [7, 11) is 0. The molecule has 0 bridgehead atoms. The van der Waals surface area contributed by atoms with E-state index in [9.17, 15) is 4.39 Å². The Labute approximate surface area is 189 Å². The van der Waals surface area contributed by atoms with Gasteiger partial charge in [-0.1, -0.05) is 18.1 Å². The minimum absolute atomic E-state index is 0. The molecule has 0 saturated carbocycles. The second-order valence-electron chi connectivity index (χ2n) is 7.14. The van der Waals surface area contributed by atoms with E-state index in [-0.39, 0.29) is 28.0 Å². The maximum Gasteiger partial charge on any atom is 0.320 e. The Morgan fingerprint density at radius 3 is 2.75 bits per heavy atom. The first kappa shape index (κ1) is 21.1. The molecule has 4 aromatic rings. The number of nitrogen functional groups attached to an aromatic ring is 1. The lowest BCUT2D eigenvalue weighted by molar-refractivity contribution is 0.256. The highest BCUT2D eigenvalue weighted by Crippen LogP contribution is 2.31. The van der Waals surface area contributed by atoms with Gasteiger partial charge in [0.25, 0.3) is 0 Å². The lowest BCUT2D eigenvalue weighted by Crippen LogP contribution is -2.14. The normalized spacial score (nSPS) is 12.6. The van der Waals surface area contributed by atoms with Gasteiger partial charge in [0.1, 0.15) is 11.6 Å². The SMILES string of the molecule is CC#CC(C)Oc1nc(N[C@@H](C)c2ccc(F)cc2)cc(-c2c(N)nn3cccnc23)n1.[HH].[HH].[HH]. The third-order valence-corrected chi connectivity index (χ3v) is 4.75. The van der Waals surface area contributed by atoms with Crippen LogP contribution < -0.4 is 15.8 Å². The summed E-state index contributed by atoms with van der Waals surface area (Å²) in [5, 5.41) is 7.62. The van der Waals surface area contributed by atoms with Crippen LogP contribution in [0.5, 0.6) is 6.01 Å². The van der Waals surface area contributed by atoms with Gasteiger partial charge in [0.2, 0.25) is 0 Å². The summed E-state index contributed by atoms with van der Waals surface area (Å²) >= 11 is 0. The van der Waals surface area contributed by atoms with Crippen molar-refractivity contribution in [3.05, 3.63) is 60.2 Å². The highest BCUT2D eigenvalue weighted by atomic mass is 19.1. The molecule has 3 heterocycles. The van der Waals surface area contributed by atoms with Gasteiger partial charge in [0.05, 0.1) is 11.3 Å². The number of hydrogen-bond acceptors (Lipinski definition) is 7. The quantitative estimate of drug-likeness (QED) is 0.425. The highest BCUT2D eigenvalue weighted by molar-refractivity contribution is 5.85. The molecule has 32 heavy (non-hydrogen) atoms. The van der Waals surface area contributed by atoms with Crippen molar-refractivity contribution in [2.75, 3.05) is 11.1 Å². The first-order valence-corrected chi connectivity index (χ1v) is 10.0. The number of nitrogens with one attached hydrogen (secondary N) is 1. The smallest absolute Gasteiger partial charge is 0.320 e. The third-order valence-electron chi connectivity index (χ3n) is 4.75. The first-order chi connectivity index (χ1) is 15.4. The van der Waals surface area contributed by atoms with Gasteiger partial charge in [-0.05, 0) is 44.5 Å². The molecule has 1 aromatic carbocycles. The number of rotatable bonds is 6. The predicted octanol–water partition coefficient (Wildman–Crippen LogP) is 4.61. The topological polar surface area (TPSA) is 103 Å². The number of fused-ring (bicyclic) bond motifs is 1. The zero-order valence-corrected chi connectivity index (χ0v) is 17.9. The zero-order chi connectivity index (χ0) is 22.7. The Hall–Kier alpha value is -4.19. The van der Waals surface area contributed by atoms with Gasteiger partial charge in [-0.15, -0.1) is 11.0 Å². The van der Waals surface area contributed by atoms with Crippen molar-refractivity contribution in [2.45, 2.75) is 32.9 Å². The minimum atomic E-state index is -0.406. The fraction of sp³-hybridized carbons (Fsp3) is 0.217. The van der Waals surface area contributed by atoms with E-state index in [2.05, 4.69) is 37.2 Å². The van der Waals surface area contributed by atoms with Crippen LogP contribution in [0.2, 0.25) is 0 Å². The van der Waals surface area contributed by atoms with E-state index in [4.69, 9.17) is 10.5 Å². The fourth-order valence-corrected chi connectivity index (χ4v) is 3.28. The molecule has 3 N–H and O–H groups in total. The molecular weight excluding hydrogens is 409 g/mol. The number of hydrogen-bond donors (Lipinski definition) is 2. The molecule has 3 aromatic heterocycles. The van der Waals surface area contributed by atoms with Crippen LogP contribution in [-0.2, 0) is 0 Å². The van der Waals surface area contributed by atoms with E-state index in [0.29, 0.717) is 22.7 Å². The second kappa shape index (κ2) is 8.89. The molecule has 0 saturated heterocycles. The van der Waals surface area contributed by atoms with Crippen LogP contribution in [0.3, 0.4) is 0 Å². The number of ether oxygens (including phenoxy) is 1. The molecule has 2 atom stereocenters. The molecule has 0 aliphatic rings. The average Bonchev–Trinajstić information content (AvgIpc) is 3.09. The van der Waals surface area contributed by atoms with Crippen molar-refractivity contribution in [2.24, 2.45) is 0 Å². The van der Waals surface area contributed by atoms with Crippen molar-refractivity contribution in [3.8, 4) is 29.1 Å². The Morgan fingerprint density at radius 1 is 1.22 bits per heavy atom. The molecule has 1 unspecified atom stereocenters. The molecule has 4 rings (SSSR count). The van der Waals surface area contributed by atoms with E-state index >= 15 is 0 Å². The number of halogens is 1. The third kappa shape index (κ3) is 4.44. The van der Waals surface area contributed by atoms with Gasteiger partial charge >= 0.3 is 6.01 Å². The molecule has 8 nitrogen and oxygen atoms in total. The van der Waals surface area contributed by atoms with Crippen LogP contribution in [0.25, 0.3) is 16.9 Å². The highest BCUT2D eigenvalue weighted by Gasteiger charge is 2.19. The Kier molecular flexibility index (Phi) is 5.85. The summed E-state index contributed by atoms with van der Waals surface area (Å²) in [6, 6.07) is 9.79. The van der Waals surface area contributed by atoms with Crippen molar-refractivity contribution < 1.29 is 13.4 Å². The number of anilines is 2. The van der Waals surface area contributed by atoms with Gasteiger partial charge in [-0.2, -0.15) is 9.97 Å². The van der Waals surface area contributed by atoms with Crippen LogP contribution in [-0.4, -0.2) is 30.7 Å². The predicted molar refractivity (Wildman–Crippen MR) is 127 cm³/mol. The molecule has 168 valence electrons. The van der Waals surface area contributed by atoms with Crippen molar-refractivity contribution in [3.63, 3.8) is 0 Å². The molecule has 0 amide bonds. The molecule has 0 fully saturated rings. The Morgan fingerprint density at radius 2 is 2.00 bits per heavy atom. The zero-order valence-electron chi connectivity index (χ0n) is 17.9. The molecule has 0 radical (unpaired) electrons. The van der Waals surface area contributed by atoms with Crippen molar-refractivity contribution >= 4 is 17.3 Å². The van der Waals surface area contributed by atoms with Crippen LogP contribution in [0.15, 0.2) is 48.8 Å².